The van der Waals surface area contributed by atoms with E-state index in [1.54, 1.807) is 12.0 Å². The molecule has 4 heteroatoms. The molecule has 3 heterocycles. The molecule has 2 aromatic heterocycles. The Labute approximate surface area is 128 Å². The van der Waals surface area contributed by atoms with Gasteiger partial charge >= 0.3 is 0 Å². The summed E-state index contributed by atoms with van der Waals surface area (Å²) in [6.45, 7) is 2.16. The lowest BCUT2D eigenvalue weighted by Crippen LogP contribution is -2.16. The Hall–Kier alpha value is -1.78. The second-order valence-electron chi connectivity index (χ2n) is 5.35. The fraction of sp³-hybridized carbons (Fsp3) is 0.294. The number of nitrogens with zero attached hydrogens (tertiary/aromatic N) is 1. The van der Waals surface area contributed by atoms with Gasteiger partial charge in [-0.05, 0) is 49.7 Å². The van der Waals surface area contributed by atoms with Crippen LogP contribution >= 0.6 is 11.3 Å². The van der Waals surface area contributed by atoms with Gasteiger partial charge in [0.25, 0.3) is 0 Å². The predicted octanol–water partition coefficient (Wildman–Crippen LogP) is 3.39. The Bertz CT molecular complexity index is 787. The van der Waals surface area contributed by atoms with Crippen LogP contribution in [0.2, 0.25) is 0 Å². The number of hydrogen-bond acceptors (Lipinski definition) is 3. The van der Waals surface area contributed by atoms with Crippen LogP contribution in [0.4, 0.5) is 0 Å². The molecule has 108 valence electrons. The second-order valence-corrected chi connectivity index (χ2v) is 6.49. The summed E-state index contributed by atoms with van der Waals surface area (Å²) in [5.41, 5.74) is 4.07. The molecule has 0 bridgehead atoms. The van der Waals surface area contributed by atoms with Gasteiger partial charge in [0, 0.05) is 22.8 Å². The summed E-state index contributed by atoms with van der Waals surface area (Å²) in [6.07, 6.45) is 4.44. The maximum atomic E-state index is 5.36. The molecular formula is C17H18N2OS. The van der Waals surface area contributed by atoms with Crippen LogP contribution in [0, 0.1) is 0 Å². The third-order valence-electron chi connectivity index (χ3n) is 4.12. The van der Waals surface area contributed by atoms with Crippen LogP contribution < -0.4 is 10.1 Å². The fourth-order valence-electron chi connectivity index (χ4n) is 3.09. The number of ether oxygens (including phenoxy) is 1. The number of fused-ring (bicyclic) bond motifs is 3. The summed E-state index contributed by atoms with van der Waals surface area (Å²) in [5.74, 6) is 0.900. The zero-order valence-corrected chi connectivity index (χ0v) is 12.9. The van der Waals surface area contributed by atoms with Gasteiger partial charge in [0.1, 0.15) is 5.75 Å². The highest BCUT2D eigenvalue weighted by Crippen LogP contribution is 2.35. The molecular weight excluding hydrogens is 280 g/mol. The minimum absolute atomic E-state index is 0.900. The number of methoxy groups -OCH3 is 1. The van der Waals surface area contributed by atoms with Crippen LogP contribution in [-0.2, 0) is 12.8 Å². The SMILES string of the molecule is COc1cccc(-n2ccc3sc4c(c32)CCNCC4)c1. The van der Waals surface area contributed by atoms with Crippen molar-refractivity contribution in [2.45, 2.75) is 12.8 Å². The molecule has 1 N–H and O–H groups in total. The first-order valence-corrected chi connectivity index (χ1v) is 8.15. The highest BCUT2D eigenvalue weighted by atomic mass is 32.1. The van der Waals surface area contributed by atoms with E-state index >= 15 is 0 Å². The first-order valence-electron chi connectivity index (χ1n) is 7.33. The van der Waals surface area contributed by atoms with Crippen molar-refractivity contribution in [1.82, 2.24) is 9.88 Å². The lowest BCUT2D eigenvalue weighted by atomic mass is 10.1. The van der Waals surface area contributed by atoms with Gasteiger partial charge in [-0.3, -0.25) is 0 Å². The van der Waals surface area contributed by atoms with Crippen LogP contribution in [0.25, 0.3) is 15.9 Å². The first kappa shape index (κ1) is 12.9. The first-order chi connectivity index (χ1) is 10.4. The zero-order valence-electron chi connectivity index (χ0n) is 12.1. The highest BCUT2D eigenvalue weighted by Gasteiger charge is 2.18. The molecule has 3 nitrogen and oxygen atoms in total. The molecule has 1 aliphatic rings. The summed E-state index contributed by atoms with van der Waals surface area (Å²) in [5, 5.41) is 3.49. The minimum atomic E-state index is 0.900. The van der Waals surface area contributed by atoms with Crippen LogP contribution in [0.3, 0.4) is 0 Å². The molecule has 1 aromatic carbocycles. The molecule has 0 amide bonds. The summed E-state index contributed by atoms with van der Waals surface area (Å²) in [4.78, 5) is 1.54. The van der Waals surface area contributed by atoms with Gasteiger partial charge in [0.2, 0.25) is 0 Å². The average molecular weight is 298 g/mol. The smallest absolute Gasteiger partial charge is 0.120 e. The van der Waals surface area contributed by atoms with E-state index in [0.717, 1.165) is 31.7 Å². The van der Waals surface area contributed by atoms with Gasteiger partial charge in [-0.25, -0.2) is 0 Å². The van der Waals surface area contributed by atoms with E-state index in [4.69, 9.17) is 4.74 Å². The van der Waals surface area contributed by atoms with E-state index in [-0.39, 0.29) is 0 Å². The summed E-state index contributed by atoms with van der Waals surface area (Å²) >= 11 is 1.95. The van der Waals surface area contributed by atoms with Crippen LogP contribution in [0.1, 0.15) is 10.4 Å². The largest absolute Gasteiger partial charge is 0.497 e. The molecule has 4 rings (SSSR count). The number of hydrogen-bond donors (Lipinski definition) is 1. The van der Waals surface area contributed by atoms with Crippen molar-refractivity contribution in [2.24, 2.45) is 0 Å². The fourth-order valence-corrected chi connectivity index (χ4v) is 4.33. The van der Waals surface area contributed by atoms with Crippen LogP contribution in [-0.4, -0.2) is 24.8 Å². The number of benzene rings is 1. The normalized spacial score (nSPS) is 14.9. The maximum Gasteiger partial charge on any atom is 0.120 e. The van der Waals surface area contributed by atoms with Crippen molar-refractivity contribution in [1.29, 1.82) is 0 Å². The lowest BCUT2D eigenvalue weighted by Gasteiger charge is -2.09. The number of nitrogens with one attached hydrogen (secondary N) is 1. The van der Waals surface area contributed by atoms with Gasteiger partial charge in [-0.15, -0.1) is 11.3 Å². The molecule has 3 aromatic rings. The topological polar surface area (TPSA) is 26.2 Å². The molecule has 0 radical (unpaired) electrons. The molecule has 21 heavy (non-hydrogen) atoms. The van der Waals surface area contributed by atoms with E-state index in [0.29, 0.717) is 0 Å². The third kappa shape index (κ3) is 2.15. The Morgan fingerprint density at radius 3 is 3.00 bits per heavy atom. The van der Waals surface area contributed by atoms with Crippen LogP contribution in [0.5, 0.6) is 5.75 Å². The standard InChI is InChI=1S/C17H18N2OS/c1-20-13-4-2-3-12(11-13)19-10-7-16-17(19)14-5-8-18-9-6-15(14)21-16/h2-4,7,10-11,18H,5-6,8-9H2,1H3. The minimum Gasteiger partial charge on any atom is -0.497 e. The number of aromatic nitrogens is 1. The van der Waals surface area contributed by atoms with Gasteiger partial charge in [-0.1, -0.05) is 6.07 Å². The number of rotatable bonds is 2. The Morgan fingerprint density at radius 2 is 2.10 bits per heavy atom. The molecule has 1 aliphatic heterocycles. The highest BCUT2D eigenvalue weighted by molar-refractivity contribution is 7.19. The van der Waals surface area contributed by atoms with Crippen LogP contribution in [0.15, 0.2) is 36.5 Å². The average Bonchev–Trinajstić information content (AvgIpc) is 2.99. The molecule has 0 unspecified atom stereocenters. The van der Waals surface area contributed by atoms with Gasteiger partial charge in [0.05, 0.1) is 17.3 Å². The molecule has 0 aliphatic carbocycles. The predicted molar refractivity (Wildman–Crippen MR) is 88.0 cm³/mol. The third-order valence-corrected chi connectivity index (χ3v) is 5.36. The molecule has 0 atom stereocenters. The van der Waals surface area contributed by atoms with Crippen molar-refractivity contribution in [3.05, 3.63) is 47.0 Å². The van der Waals surface area contributed by atoms with Crippen molar-refractivity contribution in [3.63, 3.8) is 0 Å². The quantitative estimate of drug-likeness (QED) is 0.785. The number of thiophene rings is 1. The van der Waals surface area contributed by atoms with E-state index in [2.05, 4.69) is 34.3 Å². The summed E-state index contributed by atoms with van der Waals surface area (Å²) in [6, 6.07) is 10.5. The summed E-state index contributed by atoms with van der Waals surface area (Å²) < 4.78 is 9.06. The zero-order chi connectivity index (χ0) is 14.2. The van der Waals surface area contributed by atoms with E-state index in [1.165, 1.54) is 21.5 Å². The Balaban J connectivity index is 1.90. The van der Waals surface area contributed by atoms with E-state index < -0.39 is 0 Å². The summed E-state index contributed by atoms with van der Waals surface area (Å²) in [7, 11) is 1.71. The maximum absolute atomic E-state index is 5.36. The van der Waals surface area contributed by atoms with Gasteiger partial charge in [-0.2, -0.15) is 0 Å². The lowest BCUT2D eigenvalue weighted by molar-refractivity contribution is 0.414. The van der Waals surface area contributed by atoms with Crippen molar-refractivity contribution in [2.75, 3.05) is 20.2 Å². The van der Waals surface area contributed by atoms with Crippen molar-refractivity contribution < 1.29 is 4.74 Å². The van der Waals surface area contributed by atoms with E-state index in [9.17, 15) is 0 Å². The molecule has 0 fully saturated rings. The van der Waals surface area contributed by atoms with E-state index in [1.807, 2.05) is 23.5 Å². The van der Waals surface area contributed by atoms with Crippen molar-refractivity contribution in [3.8, 4) is 11.4 Å². The van der Waals surface area contributed by atoms with Gasteiger partial charge < -0.3 is 14.6 Å². The molecule has 0 saturated carbocycles. The second kappa shape index (κ2) is 5.20. The van der Waals surface area contributed by atoms with Crippen molar-refractivity contribution >= 4 is 21.6 Å². The van der Waals surface area contributed by atoms with Gasteiger partial charge in [0.15, 0.2) is 0 Å². The Morgan fingerprint density at radius 1 is 1.19 bits per heavy atom. The molecule has 0 saturated heterocycles. The molecule has 0 spiro atoms. The Kier molecular flexibility index (Phi) is 3.20. The monoisotopic (exact) mass is 298 g/mol.